The van der Waals surface area contributed by atoms with Crippen LogP contribution in [0.3, 0.4) is 0 Å². The lowest BCUT2D eigenvalue weighted by molar-refractivity contribution is -0.384. The number of non-ortho nitro benzene ring substituents is 1. The second-order valence-corrected chi connectivity index (χ2v) is 7.37. The summed E-state index contributed by atoms with van der Waals surface area (Å²) in [5.74, 6) is 0.466. The van der Waals surface area contributed by atoms with Crippen molar-refractivity contribution < 1.29 is 4.92 Å². The van der Waals surface area contributed by atoms with Crippen LogP contribution in [0.25, 0.3) is 11.3 Å². The van der Waals surface area contributed by atoms with Crippen molar-refractivity contribution >= 4 is 5.69 Å². The Kier molecular flexibility index (Phi) is 5.48. The summed E-state index contributed by atoms with van der Waals surface area (Å²) in [5.41, 5.74) is 4.15. The van der Waals surface area contributed by atoms with Gasteiger partial charge < -0.3 is 4.90 Å². The van der Waals surface area contributed by atoms with Crippen LogP contribution >= 0.6 is 0 Å². The van der Waals surface area contributed by atoms with Crippen molar-refractivity contribution in [1.82, 2.24) is 15.1 Å². The van der Waals surface area contributed by atoms with Crippen LogP contribution < -0.4 is 0 Å². The Morgan fingerprint density at radius 1 is 1.07 bits per heavy atom. The van der Waals surface area contributed by atoms with Gasteiger partial charge in [0.25, 0.3) is 5.69 Å². The molecule has 2 heterocycles. The minimum atomic E-state index is -0.373. The monoisotopic (exact) mass is 376 g/mol. The number of rotatable bonds is 6. The molecule has 1 N–H and O–H groups in total. The maximum absolute atomic E-state index is 11.0. The molecule has 4 rings (SSSR count). The zero-order valence-electron chi connectivity index (χ0n) is 15.8. The second kappa shape index (κ2) is 8.35. The van der Waals surface area contributed by atoms with E-state index in [0.29, 0.717) is 5.92 Å². The number of nitro benzene ring substituents is 1. The molecule has 0 atom stereocenters. The summed E-state index contributed by atoms with van der Waals surface area (Å²) >= 11 is 0. The molecule has 0 spiro atoms. The maximum Gasteiger partial charge on any atom is 0.270 e. The molecule has 3 aromatic rings. The van der Waals surface area contributed by atoms with Crippen LogP contribution in [0.2, 0.25) is 0 Å². The van der Waals surface area contributed by atoms with Crippen LogP contribution in [-0.2, 0) is 6.42 Å². The quantitative estimate of drug-likeness (QED) is 0.511. The van der Waals surface area contributed by atoms with Crippen molar-refractivity contribution in [2.45, 2.75) is 25.2 Å². The van der Waals surface area contributed by atoms with Gasteiger partial charge in [-0.25, -0.2) is 0 Å². The van der Waals surface area contributed by atoms with Crippen LogP contribution in [0.4, 0.5) is 5.69 Å². The molecule has 1 aliphatic rings. The highest BCUT2D eigenvalue weighted by Crippen LogP contribution is 2.30. The van der Waals surface area contributed by atoms with E-state index in [4.69, 9.17) is 0 Å². The lowest BCUT2D eigenvalue weighted by atomic mass is 9.93. The molecule has 1 saturated heterocycles. The first-order valence-corrected chi connectivity index (χ1v) is 9.75. The lowest BCUT2D eigenvalue weighted by Crippen LogP contribution is -2.34. The molecule has 0 unspecified atom stereocenters. The number of aromatic nitrogens is 2. The number of hydrogen-bond acceptors (Lipinski definition) is 4. The van der Waals surface area contributed by atoms with E-state index >= 15 is 0 Å². The van der Waals surface area contributed by atoms with Crippen molar-refractivity contribution in [3.05, 3.63) is 82.0 Å². The van der Waals surface area contributed by atoms with E-state index in [1.807, 2.05) is 12.1 Å². The third-order valence-corrected chi connectivity index (χ3v) is 5.54. The van der Waals surface area contributed by atoms with E-state index in [9.17, 15) is 10.1 Å². The molecule has 0 radical (unpaired) electrons. The van der Waals surface area contributed by atoms with Gasteiger partial charge >= 0.3 is 0 Å². The molecule has 0 saturated carbocycles. The summed E-state index contributed by atoms with van der Waals surface area (Å²) in [5, 5.41) is 18.5. The minimum Gasteiger partial charge on any atom is -0.303 e. The van der Waals surface area contributed by atoms with Crippen molar-refractivity contribution in [2.75, 3.05) is 19.6 Å². The average Bonchev–Trinajstić information content (AvgIpc) is 3.24. The fourth-order valence-corrected chi connectivity index (χ4v) is 3.87. The first-order valence-electron chi connectivity index (χ1n) is 9.75. The fraction of sp³-hybridized carbons (Fsp3) is 0.318. The third kappa shape index (κ3) is 4.28. The molecule has 144 valence electrons. The number of aromatic amines is 1. The molecule has 1 aliphatic heterocycles. The topological polar surface area (TPSA) is 75.1 Å². The third-order valence-electron chi connectivity index (χ3n) is 5.54. The number of H-pyrrole nitrogens is 1. The fourth-order valence-electron chi connectivity index (χ4n) is 3.87. The average molecular weight is 376 g/mol. The van der Waals surface area contributed by atoms with E-state index in [-0.39, 0.29) is 10.6 Å². The van der Waals surface area contributed by atoms with E-state index in [0.717, 1.165) is 55.8 Å². The van der Waals surface area contributed by atoms with Crippen LogP contribution in [0.1, 0.15) is 30.0 Å². The maximum atomic E-state index is 11.0. The van der Waals surface area contributed by atoms with E-state index < -0.39 is 0 Å². The van der Waals surface area contributed by atoms with Crippen molar-refractivity contribution in [1.29, 1.82) is 0 Å². The predicted molar refractivity (Wildman–Crippen MR) is 109 cm³/mol. The molecule has 6 heteroatoms. The molecule has 1 aromatic heterocycles. The Balaban J connectivity index is 1.34. The standard InChI is InChI=1S/C22H24N4O2/c27-26(28)20-8-4-7-19(15-20)22-16-21(23-24-22)18-10-13-25(14-11-18)12-9-17-5-2-1-3-6-17/h1-8,15-16,18H,9-14H2,(H,23,24). The first-order chi connectivity index (χ1) is 13.7. The van der Waals surface area contributed by atoms with Crippen LogP contribution in [0.15, 0.2) is 60.7 Å². The predicted octanol–water partition coefficient (Wildman–Crippen LogP) is 4.41. The van der Waals surface area contributed by atoms with E-state index in [1.165, 1.54) is 11.6 Å². The number of benzene rings is 2. The molecular weight excluding hydrogens is 352 g/mol. The molecule has 0 aliphatic carbocycles. The molecule has 2 aromatic carbocycles. The number of nitrogens with one attached hydrogen (secondary N) is 1. The Labute approximate surface area is 164 Å². The second-order valence-electron chi connectivity index (χ2n) is 7.37. The zero-order valence-corrected chi connectivity index (χ0v) is 15.8. The first kappa shape index (κ1) is 18.4. The van der Waals surface area contributed by atoms with Crippen molar-refractivity contribution in [2.24, 2.45) is 0 Å². The summed E-state index contributed by atoms with van der Waals surface area (Å²) in [6.45, 7) is 3.27. The highest BCUT2D eigenvalue weighted by Gasteiger charge is 2.22. The van der Waals surface area contributed by atoms with Gasteiger partial charge in [-0.15, -0.1) is 0 Å². The number of piperidine rings is 1. The summed E-state index contributed by atoms with van der Waals surface area (Å²) in [7, 11) is 0. The van der Waals surface area contributed by atoms with Gasteiger partial charge in [-0.3, -0.25) is 15.2 Å². The van der Waals surface area contributed by atoms with Crippen molar-refractivity contribution in [3.8, 4) is 11.3 Å². The van der Waals surface area contributed by atoms with Gasteiger partial charge in [0.2, 0.25) is 0 Å². The van der Waals surface area contributed by atoms with Gasteiger partial charge in [0.1, 0.15) is 0 Å². The Morgan fingerprint density at radius 2 is 1.86 bits per heavy atom. The number of nitro groups is 1. The molecule has 0 amide bonds. The molecule has 1 fully saturated rings. The SMILES string of the molecule is O=[N+]([O-])c1cccc(-c2cc(C3CCN(CCc4ccccc4)CC3)[nH]n2)c1. The highest BCUT2D eigenvalue weighted by molar-refractivity contribution is 5.62. The molecule has 28 heavy (non-hydrogen) atoms. The number of hydrogen-bond donors (Lipinski definition) is 1. The van der Waals surface area contributed by atoms with Gasteiger partial charge in [-0.2, -0.15) is 5.10 Å². The van der Waals surface area contributed by atoms with Gasteiger partial charge in [-0.05, 0) is 44.0 Å². The number of nitrogens with zero attached hydrogens (tertiary/aromatic N) is 3. The molecule has 0 bridgehead atoms. The Morgan fingerprint density at radius 3 is 2.61 bits per heavy atom. The largest absolute Gasteiger partial charge is 0.303 e. The van der Waals surface area contributed by atoms with Crippen LogP contribution in [-0.4, -0.2) is 39.7 Å². The van der Waals surface area contributed by atoms with Gasteiger partial charge in [0.05, 0.1) is 10.6 Å². The van der Waals surface area contributed by atoms with Crippen LogP contribution in [0, 0.1) is 10.1 Å². The normalized spacial score (nSPS) is 15.6. The minimum absolute atomic E-state index is 0.0915. The van der Waals surface area contributed by atoms with E-state index in [2.05, 4.69) is 45.4 Å². The summed E-state index contributed by atoms with van der Waals surface area (Å²) in [6.07, 6.45) is 3.29. The number of likely N-dealkylation sites (tertiary alicyclic amines) is 1. The summed E-state index contributed by atoms with van der Waals surface area (Å²) < 4.78 is 0. The molecular formula is C22H24N4O2. The molecule has 6 nitrogen and oxygen atoms in total. The smallest absolute Gasteiger partial charge is 0.270 e. The lowest BCUT2D eigenvalue weighted by Gasteiger charge is -2.31. The highest BCUT2D eigenvalue weighted by atomic mass is 16.6. The van der Waals surface area contributed by atoms with E-state index in [1.54, 1.807) is 12.1 Å². The summed E-state index contributed by atoms with van der Waals surface area (Å²) in [6, 6.07) is 19.3. The van der Waals surface area contributed by atoms with Gasteiger partial charge in [0, 0.05) is 35.9 Å². The summed E-state index contributed by atoms with van der Waals surface area (Å²) in [4.78, 5) is 13.1. The van der Waals surface area contributed by atoms with Gasteiger partial charge in [-0.1, -0.05) is 42.5 Å². The Hall–Kier alpha value is -2.99. The van der Waals surface area contributed by atoms with Crippen LogP contribution in [0.5, 0.6) is 0 Å². The Bertz CT molecular complexity index is 930. The van der Waals surface area contributed by atoms with Crippen molar-refractivity contribution in [3.63, 3.8) is 0 Å². The van der Waals surface area contributed by atoms with Gasteiger partial charge in [0.15, 0.2) is 0 Å². The zero-order chi connectivity index (χ0) is 19.3.